The van der Waals surface area contributed by atoms with Crippen molar-refractivity contribution in [1.82, 2.24) is 0 Å². The van der Waals surface area contributed by atoms with E-state index in [4.69, 9.17) is 0 Å². The molecule has 0 saturated carbocycles. The zero-order valence-corrected chi connectivity index (χ0v) is 9.69. The molecule has 1 nitrogen and oxygen atoms in total. The van der Waals surface area contributed by atoms with Gasteiger partial charge in [-0.3, -0.25) is 4.79 Å². The molecule has 0 bridgehead atoms. The Kier molecular flexibility index (Phi) is 3.10. The number of Topliss-reactive ketones (excluding diaryl/α,β-unsaturated/α-hetero) is 1. The average molecular weight is 190 g/mol. The highest BCUT2D eigenvalue weighted by Gasteiger charge is 2.13. The van der Waals surface area contributed by atoms with Crippen molar-refractivity contribution in [2.24, 2.45) is 0 Å². The van der Waals surface area contributed by atoms with Crippen molar-refractivity contribution in [3.05, 3.63) is 33.9 Å². The first kappa shape index (κ1) is 11.0. The van der Waals surface area contributed by atoms with Gasteiger partial charge < -0.3 is 0 Å². The van der Waals surface area contributed by atoms with Crippen molar-refractivity contribution < 1.29 is 4.79 Å². The van der Waals surface area contributed by atoms with Crippen LogP contribution in [0, 0.1) is 20.8 Å². The summed E-state index contributed by atoms with van der Waals surface area (Å²) in [5.74, 6) is 0.183. The molecule has 0 unspecified atom stereocenters. The molecule has 0 N–H and O–H groups in total. The molecule has 0 aliphatic heterocycles. The van der Waals surface area contributed by atoms with Crippen LogP contribution in [-0.2, 0) is 6.42 Å². The third-order valence-corrected chi connectivity index (χ3v) is 2.88. The highest BCUT2D eigenvalue weighted by atomic mass is 16.1. The van der Waals surface area contributed by atoms with Gasteiger partial charge in [-0.05, 0) is 56.4 Å². The highest BCUT2D eigenvalue weighted by molar-refractivity contribution is 5.97. The molecular weight excluding hydrogens is 172 g/mol. The van der Waals surface area contributed by atoms with Gasteiger partial charge in [0.05, 0.1) is 0 Å². The molecule has 14 heavy (non-hydrogen) atoms. The number of carbonyl (C=O) groups is 1. The maximum Gasteiger partial charge on any atom is 0.160 e. The lowest BCUT2D eigenvalue weighted by Crippen LogP contribution is -2.05. The lowest BCUT2D eigenvalue weighted by atomic mass is 9.90. The Morgan fingerprint density at radius 3 is 2.21 bits per heavy atom. The molecule has 0 saturated heterocycles. The van der Waals surface area contributed by atoms with Crippen LogP contribution in [0.1, 0.15) is 46.5 Å². The second kappa shape index (κ2) is 3.95. The van der Waals surface area contributed by atoms with Crippen molar-refractivity contribution in [2.45, 2.75) is 41.0 Å². The van der Waals surface area contributed by atoms with E-state index in [-0.39, 0.29) is 5.78 Å². The summed E-state index contributed by atoms with van der Waals surface area (Å²) in [6.07, 6.45) is 0.934. The molecule has 0 fully saturated rings. The van der Waals surface area contributed by atoms with E-state index in [1.54, 1.807) is 6.92 Å². The number of rotatable bonds is 2. The summed E-state index contributed by atoms with van der Waals surface area (Å²) >= 11 is 0. The number of benzene rings is 1. The molecule has 76 valence electrons. The predicted molar refractivity (Wildman–Crippen MR) is 60.0 cm³/mol. The maximum absolute atomic E-state index is 11.5. The van der Waals surface area contributed by atoms with Gasteiger partial charge in [-0.25, -0.2) is 0 Å². The molecule has 0 aliphatic carbocycles. The van der Waals surface area contributed by atoms with E-state index in [0.717, 1.165) is 17.5 Å². The van der Waals surface area contributed by atoms with Crippen molar-refractivity contribution >= 4 is 5.78 Å². The summed E-state index contributed by atoms with van der Waals surface area (Å²) in [5.41, 5.74) is 5.80. The van der Waals surface area contributed by atoms with Gasteiger partial charge in [-0.2, -0.15) is 0 Å². The van der Waals surface area contributed by atoms with Crippen molar-refractivity contribution in [3.63, 3.8) is 0 Å². The molecule has 0 atom stereocenters. The van der Waals surface area contributed by atoms with Crippen molar-refractivity contribution in [3.8, 4) is 0 Å². The summed E-state index contributed by atoms with van der Waals surface area (Å²) in [5, 5.41) is 0. The SMILES string of the molecule is CCc1c(C)c(C)cc(C)c1C(C)=O. The van der Waals surface area contributed by atoms with Gasteiger partial charge in [-0.1, -0.05) is 13.0 Å². The zero-order valence-electron chi connectivity index (χ0n) is 9.69. The van der Waals surface area contributed by atoms with Gasteiger partial charge in [0.1, 0.15) is 0 Å². The van der Waals surface area contributed by atoms with Gasteiger partial charge in [0.15, 0.2) is 5.78 Å². The Balaban J connectivity index is 3.55. The Hall–Kier alpha value is -1.11. The number of ketones is 1. The number of hydrogen-bond donors (Lipinski definition) is 0. The molecule has 0 spiro atoms. The zero-order chi connectivity index (χ0) is 10.9. The Bertz CT molecular complexity index is 375. The van der Waals surface area contributed by atoms with Gasteiger partial charge >= 0.3 is 0 Å². The minimum Gasteiger partial charge on any atom is -0.294 e. The molecule has 0 aromatic heterocycles. The van der Waals surface area contributed by atoms with Gasteiger partial charge in [0.25, 0.3) is 0 Å². The third-order valence-electron chi connectivity index (χ3n) is 2.88. The standard InChI is InChI=1S/C13H18O/c1-6-12-10(4)8(2)7-9(3)13(12)11(5)14/h7H,6H2,1-5H3. The van der Waals surface area contributed by atoms with E-state index < -0.39 is 0 Å². The molecule has 1 heteroatoms. The minimum absolute atomic E-state index is 0.183. The van der Waals surface area contributed by atoms with Crippen molar-refractivity contribution in [2.75, 3.05) is 0 Å². The first-order valence-corrected chi connectivity index (χ1v) is 5.09. The average Bonchev–Trinajstić information content (AvgIpc) is 2.09. The van der Waals surface area contributed by atoms with Crippen LogP contribution in [0.4, 0.5) is 0 Å². The smallest absolute Gasteiger partial charge is 0.160 e. The van der Waals surface area contributed by atoms with Crippen LogP contribution in [0.2, 0.25) is 0 Å². The van der Waals surface area contributed by atoms with Gasteiger partial charge in [0.2, 0.25) is 0 Å². The predicted octanol–water partition coefficient (Wildman–Crippen LogP) is 3.38. The van der Waals surface area contributed by atoms with Crippen LogP contribution in [0.5, 0.6) is 0 Å². The van der Waals surface area contributed by atoms with Gasteiger partial charge in [-0.15, -0.1) is 0 Å². The Morgan fingerprint density at radius 1 is 1.21 bits per heavy atom. The van der Waals surface area contributed by atoms with Crippen LogP contribution in [0.15, 0.2) is 6.07 Å². The first-order chi connectivity index (χ1) is 6.49. The van der Waals surface area contributed by atoms with Crippen LogP contribution < -0.4 is 0 Å². The number of carbonyl (C=O) groups excluding carboxylic acids is 1. The summed E-state index contributed by atoms with van der Waals surface area (Å²) < 4.78 is 0. The highest BCUT2D eigenvalue weighted by Crippen LogP contribution is 2.23. The second-order valence-corrected chi connectivity index (χ2v) is 3.90. The molecule has 1 rings (SSSR count). The minimum atomic E-state index is 0.183. The second-order valence-electron chi connectivity index (χ2n) is 3.90. The molecule has 1 aromatic rings. The first-order valence-electron chi connectivity index (χ1n) is 5.09. The van der Waals surface area contributed by atoms with E-state index in [1.807, 2.05) is 6.92 Å². The van der Waals surface area contributed by atoms with Crippen LogP contribution >= 0.6 is 0 Å². The topological polar surface area (TPSA) is 17.1 Å². The van der Waals surface area contributed by atoms with Crippen LogP contribution in [0.3, 0.4) is 0 Å². The third kappa shape index (κ3) is 1.72. The van der Waals surface area contributed by atoms with Crippen LogP contribution in [-0.4, -0.2) is 5.78 Å². The molecule has 0 radical (unpaired) electrons. The molecule has 0 heterocycles. The summed E-state index contributed by atoms with van der Waals surface area (Å²) in [4.78, 5) is 11.5. The lowest BCUT2D eigenvalue weighted by Gasteiger charge is -2.14. The molecule has 1 aromatic carbocycles. The molecule has 0 amide bonds. The number of aryl methyl sites for hydroxylation is 2. The Morgan fingerprint density at radius 2 is 1.79 bits per heavy atom. The van der Waals surface area contributed by atoms with Crippen molar-refractivity contribution in [1.29, 1.82) is 0 Å². The molecular formula is C13H18O. The fourth-order valence-electron chi connectivity index (χ4n) is 2.10. The largest absolute Gasteiger partial charge is 0.294 e. The van der Waals surface area contributed by atoms with E-state index >= 15 is 0 Å². The van der Waals surface area contributed by atoms with E-state index in [1.165, 1.54) is 16.7 Å². The van der Waals surface area contributed by atoms with E-state index in [2.05, 4.69) is 26.8 Å². The summed E-state index contributed by atoms with van der Waals surface area (Å²) in [6.45, 7) is 9.97. The molecule has 0 aliphatic rings. The van der Waals surface area contributed by atoms with Gasteiger partial charge in [0, 0.05) is 5.56 Å². The maximum atomic E-state index is 11.5. The summed E-state index contributed by atoms with van der Waals surface area (Å²) in [6, 6.07) is 2.10. The fraction of sp³-hybridized carbons (Fsp3) is 0.462. The normalized spacial score (nSPS) is 10.4. The van der Waals surface area contributed by atoms with Crippen LogP contribution in [0.25, 0.3) is 0 Å². The lowest BCUT2D eigenvalue weighted by molar-refractivity contribution is 0.101. The quantitative estimate of drug-likeness (QED) is 0.653. The summed E-state index contributed by atoms with van der Waals surface area (Å²) in [7, 11) is 0. The Labute approximate surface area is 86.1 Å². The number of hydrogen-bond acceptors (Lipinski definition) is 1. The fourth-order valence-corrected chi connectivity index (χ4v) is 2.10. The van der Waals surface area contributed by atoms with E-state index in [0.29, 0.717) is 0 Å². The van der Waals surface area contributed by atoms with E-state index in [9.17, 15) is 4.79 Å². The monoisotopic (exact) mass is 190 g/mol.